The molecule has 1 atom stereocenters. The lowest BCUT2D eigenvalue weighted by molar-refractivity contribution is -0.118. The molecule has 2 rings (SSSR count). The minimum absolute atomic E-state index is 0.136. The molecule has 0 aliphatic rings. The molecule has 0 fully saturated rings. The quantitative estimate of drug-likeness (QED) is 0.753. The molecular weight excluding hydrogens is 362 g/mol. The van der Waals surface area contributed by atoms with Gasteiger partial charge >= 0.3 is 0 Å². The number of nitrogens with one attached hydrogen (secondary N) is 2. The van der Waals surface area contributed by atoms with Gasteiger partial charge in [-0.25, -0.2) is 4.98 Å². The molecule has 0 unspecified atom stereocenters. The maximum absolute atomic E-state index is 12.5. The summed E-state index contributed by atoms with van der Waals surface area (Å²) in [5, 5.41) is 7.79. The molecule has 132 valence electrons. The van der Waals surface area contributed by atoms with Crippen molar-refractivity contribution in [1.29, 1.82) is 0 Å². The summed E-state index contributed by atoms with van der Waals surface area (Å²) in [7, 11) is 0. The van der Waals surface area contributed by atoms with E-state index in [2.05, 4.69) is 15.6 Å². The first-order chi connectivity index (χ1) is 11.8. The van der Waals surface area contributed by atoms with Crippen LogP contribution in [0, 0.1) is 5.92 Å². The van der Waals surface area contributed by atoms with Gasteiger partial charge in [0, 0.05) is 22.9 Å². The number of aromatic nitrogens is 1. The van der Waals surface area contributed by atoms with Gasteiger partial charge in [0.1, 0.15) is 11.7 Å². The molecule has 1 aromatic carbocycles. The van der Waals surface area contributed by atoms with Crippen molar-refractivity contribution in [1.82, 2.24) is 10.3 Å². The van der Waals surface area contributed by atoms with Gasteiger partial charge in [0.15, 0.2) is 10.9 Å². The van der Waals surface area contributed by atoms with Crippen molar-refractivity contribution in [2.24, 2.45) is 5.92 Å². The first-order valence-electron chi connectivity index (χ1n) is 7.61. The van der Waals surface area contributed by atoms with Crippen molar-refractivity contribution in [3.63, 3.8) is 0 Å². The van der Waals surface area contributed by atoms with Crippen LogP contribution in [0.4, 0.5) is 5.13 Å². The summed E-state index contributed by atoms with van der Waals surface area (Å²) in [6, 6.07) is 5.66. The lowest BCUT2D eigenvalue weighted by Gasteiger charge is -2.21. The summed E-state index contributed by atoms with van der Waals surface area (Å²) in [5.41, 5.74) is 0.711. The Kier molecular flexibility index (Phi) is 6.27. The largest absolute Gasteiger partial charge is 0.340 e. The summed E-state index contributed by atoms with van der Waals surface area (Å²) < 4.78 is 0. The average molecular weight is 380 g/mol. The van der Waals surface area contributed by atoms with E-state index >= 15 is 0 Å². The summed E-state index contributed by atoms with van der Waals surface area (Å²) in [6.45, 7) is 5.06. The highest BCUT2D eigenvalue weighted by Crippen LogP contribution is 2.17. The lowest BCUT2D eigenvalue weighted by atomic mass is 10.0. The summed E-state index contributed by atoms with van der Waals surface area (Å²) >= 11 is 6.97. The zero-order valence-corrected chi connectivity index (χ0v) is 15.6. The van der Waals surface area contributed by atoms with E-state index in [9.17, 15) is 14.4 Å². The number of anilines is 1. The smallest absolute Gasteiger partial charge is 0.251 e. The maximum atomic E-state index is 12.5. The lowest BCUT2D eigenvalue weighted by Crippen LogP contribution is -2.47. The Hall–Kier alpha value is -2.25. The zero-order chi connectivity index (χ0) is 18.6. The Labute approximate surface area is 154 Å². The van der Waals surface area contributed by atoms with Crippen LogP contribution < -0.4 is 10.6 Å². The number of rotatable bonds is 6. The Balaban J connectivity index is 2.08. The van der Waals surface area contributed by atoms with Crippen LogP contribution in [0.2, 0.25) is 5.02 Å². The van der Waals surface area contributed by atoms with Crippen molar-refractivity contribution >= 4 is 45.7 Å². The highest BCUT2D eigenvalue weighted by Gasteiger charge is 2.25. The Bertz CT molecular complexity index is 787. The second-order valence-electron chi connectivity index (χ2n) is 5.79. The van der Waals surface area contributed by atoms with Gasteiger partial charge in [-0.2, -0.15) is 0 Å². The van der Waals surface area contributed by atoms with Gasteiger partial charge in [-0.1, -0.05) is 25.4 Å². The number of nitrogens with zero attached hydrogens (tertiary/aromatic N) is 1. The van der Waals surface area contributed by atoms with Gasteiger partial charge < -0.3 is 10.6 Å². The van der Waals surface area contributed by atoms with E-state index in [0.717, 1.165) is 11.3 Å². The van der Waals surface area contributed by atoms with Gasteiger partial charge in [0.05, 0.1) is 0 Å². The number of carbonyl (C=O) groups excluding carboxylic acids is 3. The van der Waals surface area contributed by atoms with Crippen molar-refractivity contribution in [2.75, 3.05) is 5.32 Å². The van der Waals surface area contributed by atoms with Gasteiger partial charge in [-0.3, -0.25) is 14.4 Å². The zero-order valence-electron chi connectivity index (χ0n) is 14.0. The summed E-state index contributed by atoms with van der Waals surface area (Å²) in [6.07, 6.45) is 0. The summed E-state index contributed by atoms with van der Waals surface area (Å²) in [5.74, 6) is -1.06. The molecule has 0 saturated heterocycles. The molecule has 0 saturated carbocycles. The minimum Gasteiger partial charge on any atom is -0.340 e. The fourth-order valence-electron chi connectivity index (χ4n) is 2.04. The second-order valence-corrected chi connectivity index (χ2v) is 7.08. The van der Waals surface area contributed by atoms with E-state index in [-0.39, 0.29) is 23.5 Å². The summed E-state index contributed by atoms with van der Waals surface area (Å²) in [4.78, 5) is 40.1. The molecule has 1 aromatic heterocycles. The number of carbonyl (C=O) groups is 3. The van der Waals surface area contributed by atoms with E-state index in [1.54, 1.807) is 29.6 Å². The molecule has 0 spiro atoms. The third-order valence-electron chi connectivity index (χ3n) is 3.44. The van der Waals surface area contributed by atoms with Crippen LogP contribution in [0.15, 0.2) is 29.6 Å². The second kappa shape index (κ2) is 8.22. The van der Waals surface area contributed by atoms with Crippen LogP contribution in [0.1, 0.15) is 41.6 Å². The van der Waals surface area contributed by atoms with E-state index in [0.29, 0.717) is 21.4 Å². The number of hydrogen-bond donors (Lipinski definition) is 2. The number of benzene rings is 1. The fraction of sp³-hybridized carbons (Fsp3) is 0.294. The van der Waals surface area contributed by atoms with Crippen LogP contribution in [0.5, 0.6) is 0 Å². The van der Waals surface area contributed by atoms with Crippen molar-refractivity contribution in [2.45, 2.75) is 26.8 Å². The number of ketones is 1. The highest BCUT2D eigenvalue weighted by molar-refractivity contribution is 7.14. The minimum atomic E-state index is -0.743. The van der Waals surface area contributed by atoms with Crippen molar-refractivity contribution < 1.29 is 14.4 Å². The SMILES string of the molecule is CC(=O)c1csc(NC(=O)[C@@H](NC(=O)c2ccc(Cl)cc2)C(C)C)n1. The molecule has 6 nitrogen and oxygen atoms in total. The Morgan fingerprint density at radius 2 is 1.80 bits per heavy atom. The van der Waals surface area contributed by atoms with E-state index < -0.39 is 6.04 Å². The molecule has 0 aliphatic heterocycles. The molecule has 0 aliphatic carbocycles. The van der Waals surface area contributed by atoms with Crippen LogP contribution in [0.25, 0.3) is 0 Å². The number of thiazole rings is 1. The van der Waals surface area contributed by atoms with Gasteiger partial charge in [-0.05, 0) is 30.2 Å². The third kappa shape index (κ3) is 5.11. The Morgan fingerprint density at radius 1 is 1.16 bits per heavy atom. The van der Waals surface area contributed by atoms with Crippen LogP contribution >= 0.6 is 22.9 Å². The first-order valence-corrected chi connectivity index (χ1v) is 8.87. The molecule has 1 heterocycles. The van der Waals surface area contributed by atoms with Crippen LogP contribution in [0.3, 0.4) is 0 Å². The van der Waals surface area contributed by atoms with Crippen molar-refractivity contribution in [3.8, 4) is 0 Å². The molecule has 2 amide bonds. The molecule has 0 radical (unpaired) electrons. The Morgan fingerprint density at radius 3 is 2.32 bits per heavy atom. The molecule has 2 N–H and O–H groups in total. The molecular formula is C17H18ClN3O3S. The van der Waals surface area contributed by atoms with E-state index in [4.69, 9.17) is 11.6 Å². The fourth-order valence-corrected chi connectivity index (χ4v) is 2.92. The topological polar surface area (TPSA) is 88.2 Å². The van der Waals surface area contributed by atoms with Crippen molar-refractivity contribution in [3.05, 3.63) is 45.9 Å². The predicted molar refractivity (Wildman–Crippen MR) is 98.3 cm³/mol. The molecule has 2 aromatic rings. The van der Waals surface area contributed by atoms with Gasteiger partial charge in [-0.15, -0.1) is 11.3 Å². The van der Waals surface area contributed by atoms with E-state index in [1.165, 1.54) is 6.92 Å². The van der Waals surface area contributed by atoms with Gasteiger partial charge in [0.25, 0.3) is 5.91 Å². The number of hydrogen-bond acceptors (Lipinski definition) is 5. The van der Waals surface area contributed by atoms with Crippen LogP contribution in [-0.2, 0) is 4.79 Å². The maximum Gasteiger partial charge on any atom is 0.251 e. The highest BCUT2D eigenvalue weighted by atomic mass is 35.5. The molecule has 25 heavy (non-hydrogen) atoms. The molecule has 0 bridgehead atoms. The number of amides is 2. The first kappa shape index (κ1) is 19.1. The monoisotopic (exact) mass is 379 g/mol. The third-order valence-corrected chi connectivity index (χ3v) is 4.45. The average Bonchev–Trinajstić information content (AvgIpc) is 3.01. The van der Waals surface area contributed by atoms with E-state index in [1.807, 2.05) is 13.8 Å². The standard InChI is InChI=1S/C17H18ClN3O3S/c1-9(2)14(20-15(23)11-4-6-12(18)7-5-11)16(24)21-17-19-13(8-25-17)10(3)22/h4-9,14H,1-3H3,(H,20,23)(H,19,21,24)/t14-/m0/s1. The molecule has 8 heteroatoms. The number of Topliss-reactive ketones (excluding diaryl/α,β-unsaturated/α-hetero) is 1. The predicted octanol–water partition coefficient (Wildman–Crippen LogP) is 3.39. The number of halogens is 1. The van der Waals surface area contributed by atoms with Gasteiger partial charge in [0.2, 0.25) is 5.91 Å². The van der Waals surface area contributed by atoms with Crippen LogP contribution in [-0.4, -0.2) is 28.6 Å². The normalized spacial score (nSPS) is 11.9.